The van der Waals surface area contributed by atoms with Crippen molar-refractivity contribution < 1.29 is 19.1 Å². The maximum atomic E-state index is 11.0. The van der Waals surface area contributed by atoms with Crippen LogP contribution >= 0.6 is 0 Å². The van der Waals surface area contributed by atoms with Gasteiger partial charge in [-0.15, -0.1) is 0 Å². The smallest absolute Gasteiger partial charge is 0.219 e. The van der Waals surface area contributed by atoms with Crippen molar-refractivity contribution in [3.8, 4) is 0 Å². The third-order valence-corrected chi connectivity index (χ3v) is 6.17. The number of carbonyl (C=O) groups excluding carboxylic acids is 2. The Hall–Kier alpha value is -0.940. The molecule has 5 heteroatoms. The van der Waals surface area contributed by atoms with Crippen LogP contribution in [0.4, 0.5) is 0 Å². The Bertz CT molecular complexity index is 492. The number of amides is 1. The highest BCUT2D eigenvalue weighted by molar-refractivity contribution is 5.74. The minimum atomic E-state index is 0.0311. The van der Waals surface area contributed by atoms with Crippen molar-refractivity contribution in [3.05, 3.63) is 0 Å². The largest absolute Gasteiger partial charge is 0.375 e. The summed E-state index contributed by atoms with van der Waals surface area (Å²) in [6, 6.07) is 0. The normalized spacial score (nSPS) is 23.1. The lowest BCUT2D eigenvalue weighted by molar-refractivity contribution is -0.185. The first-order valence-electron chi connectivity index (χ1n) is 14.1. The van der Waals surface area contributed by atoms with Crippen molar-refractivity contribution in [2.75, 3.05) is 26.3 Å². The number of Topliss-reactive ketones (excluding diaryl/α,β-unsaturated/α-hetero) is 1. The number of ether oxygens (including phenoxy) is 2. The molecule has 3 saturated heterocycles. The molecule has 1 unspecified atom stereocenters. The maximum Gasteiger partial charge on any atom is 0.219 e. The molecule has 3 aliphatic rings. The molecule has 3 rings (SSSR count). The van der Waals surface area contributed by atoms with E-state index in [0.717, 1.165) is 44.6 Å². The zero-order valence-corrected chi connectivity index (χ0v) is 25.3. The summed E-state index contributed by atoms with van der Waals surface area (Å²) in [4.78, 5) is 22.3. The number of rotatable bonds is 2. The number of nitrogens with zero attached hydrogens (tertiary/aromatic N) is 1. The van der Waals surface area contributed by atoms with Crippen molar-refractivity contribution in [3.63, 3.8) is 0 Å². The molecule has 1 amide bonds. The van der Waals surface area contributed by atoms with Crippen LogP contribution in [0.25, 0.3) is 0 Å². The Labute approximate surface area is 213 Å². The highest BCUT2D eigenvalue weighted by Crippen LogP contribution is 2.36. The lowest BCUT2D eigenvalue weighted by Gasteiger charge is -2.52. The summed E-state index contributed by atoms with van der Waals surface area (Å²) in [5.74, 6) is 1.96. The second-order valence-corrected chi connectivity index (χ2v) is 9.25. The zero-order valence-electron chi connectivity index (χ0n) is 25.3. The van der Waals surface area contributed by atoms with Gasteiger partial charge in [-0.1, -0.05) is 69.2 Å². The summed E-state index contributed by atoms with van der Waals surface area (Å²) in [7, 11) is 0. The van der Waals surface area contributed by atoms with E-state index in [-0.39, 0.29) is 22.9 Å². The average molecular weight is 488 g/mol. The molecule has 3 fully saturated rings. The Morgan fingerprint density at radius 3 is 1.44 bits per heavy atom. The Morgan fingerprint density at radius 1 is 0.765 bits per heavy atom. The van der Waals surface area contributed by atoms with Gasteiger partial charge in [-0.05, 0) is 64.2 Å². The van der Waals surface area contributed by atoms with E-state index in [1.807, 2.05) is 46.4 Å². The number of likely N-dealkylation sites (tertiary alicyclic amines) is 1. The molecule has 34 heavy (non-hydrogen) atoms. The van der Waals surface area contributed by atoms with Crippen molar-refractivity contribution >= 4 is 11.7 Å². The molecule has 206 valence electrons. The summed E-state index contributed by atoms with van der Waals surface area (Å²) < 4.78 is 11.6. The predicted molar refractivity (Wildman–Crippen MR) is 147 cm³/mol. The SMILES string of the molecule is CC.CC.CC.CC(=O)N1CC2(C[C@H](C)CCO2)C1.CC(C)=O.CCC1(CC)CC(C)CCO1. The zero-order chi connectivity index (χ0) is 27.4. The fourth-order valence-corrected chi connectivity index (χ4v) is 4.38. The van der Waals surface area contributed by atoms with Crippen LogP contribution in [0.1, 0.15) is 129 Å². The van der Waals surface area contributed by atoms with Gasteiger partial charge in [0.1, 0.15) is 11.4 Å². The van der Waals surface area contributed by atoms with E-state index in [2.05, 4.69) is 27.7 Å². The Morgan fingerprint density at radius 2 is 1.15 bits per heavy atom. The van der Waals surface area contributed by atoms with Crippen LogP contribution in [0.2, 0.25) is 0 Å². The first-order chi connectivity index (χ1) is 16.1. The predicted octanol–water partition coefficient (Wildman–Crippen LogP) is 7.70. The van der Waals surface area contributed by atoms with Crippen molar-refractivity contribution in [2.24, 2.45) is 11.8 Å². The van der Waals surface area contributed by atoms with Gasteiger partial charge in [-0.2, -0.15) is 0 Å². The average Bonchev–Trinajstić information content (AvgIpc) is 2.81. The monoisotopic (exact) mass is 487 g/mol. The molecular formula is C29H61NO4. The number of ketones is 1. The molecule has 0 aromatic heterocycles. The topological polar surface area (TPSA) is 55.8 Å². The lowest BCUT2D eigenvalue weighted by Crippen LogP contribution is -2.66. The van der Waals surface area contributed by atoms with E-state index in [4.69, 9.17) is 9.47 Å². The van der Waals surface area contributed by atoms with Crippen LogP contribution in [0, 0.1) is 11.8 Å². The highest BCUT2D eigenvalue weighted by Gasteiger charge is 2.47. The molecule has 5 nitrogen and oxygen atoms in total. The lowest BCUT2D eigenvalue weighted by atomic mass is 9.81. The molecule has 0 saturated carbocycles. The Kier molecular flexibility index (Phi) is 23.6. The Balaban J connectivity index is -0.000000415. The molecule has 0 aromatic carbocycles. The molecule has 1 spiro atoms. The van der Waals surface area contributed by atoms with Crippen LogP contribution in [0.5, 0.6) is 0 Å². The van der Waals surface area contributed by atoms with Crippen LogP contribution in [0.15, 0.2) is 0 Å². The van der Waals surface area contributed by atoms with Gasteiger partial charge in [0.05, 0.1) is 18.7 Å². The van der Waals surface area contributed by atoms with E-state index in [1.54, 1.807) is 6.92 Å². The summed E-state index contributed by atoms with van der Waals surface area (Å²) in [6.45, 7) is 29.2. The van der Waals surface area contributed by atoms with Gasteiger partial charge in [0.25, 0.3) is 0 Å². The van der Waals surface area contributed by atoms with E-state index >= 15 is 0 Å². The molecule has 3 heterocycles. The van der Waals surface area contributed by atoms with Crippen molar-refractivity contribution in [1.29, 1.82) is 0 Å². The molecule has 3 aliphatic heterocycles. The van der Waals surface area contributed by atoms with Gasteiger partial charge >= 0.3 is 0 Å². The van der Waals surface area contributed by atoms with Gasteiger partial charge < -0.3 is 19.2 Å². The molecule has 2 atom stereocenters. The quantitative estimate of drug-likeness (QED) is 0.400. The molecule has 0 N–H and O–H groups in total. The second-order valence-electron chi connectivity index (χ2n) is 9.25. The summed E-state index contributed by atoms with van der Waals surface area (Å²) in [5, 5.41) is 0. The van der Waals surface area contributed by atoms with Crippen LogP contribution in [-0.2, 0) is 19.1 Å². The standard InChI is InChI=1S/C10H17NO2.C10H20O.C3H6O.3C2H6/c1-8-3-4-13-10(5-8)6-11(7-10)9(2)12;1-4-10(5-2)8-9(3)6-7-11-10;1-3(2)4;3*1-2/h8H,3-7H2,1-2H3;9H,4-8H2,1-3H3;1-2H3;3*1-2H3/t8-;;;;;/m1...../s1. The molecule has 0 aromatic rings. The van der Waals surface area contributed by atoms with Crippen LogP contribution in [0.3, 0.4) is 0 Å². The first kappa shape index (κ1) is 37.6. The van der Waals surface area contributed by atoms with Crippen molar-refractivity contribution in [2.45, 2.75) is 140 Å². The molecule has 0 radical (unpaired) electrons. The highest BCUT2D eigenvalue weighted by atomic mass is 16.5. The minimum Gasteiger partial charge on any atom is -0.375 e. The van der Waals surface area contributed by atoms with E-state index in [1.165, 1.54) is 46.0 Å². The van der Waals surface area contributed by atoms with Crippen molar-refractivity contribution in [1.82, 2.24) is 4.90 Å². The van der Waals surface area contributed by atoms with Gasteiger partial charge in [-0.25, -0.2) is 0 Å². The van der Waals surface area contributed by atoms with E-state index < -0.39 is 0 Å². The van der Waals surface area contributed by atoms with E-state index in [0.29, 0.717) is 0 Å². The summed E-state index contributed by atoms with van der Waals surface area (Å²) in [6.07, 6.45) is 7.15. The maximum absolute atomic E-state index is 11.0. The number of hydrogen-bond acceptors (Lipinski definition) is 4. The van der Waals surface area contributed by atoms with Crippen LogP contribution in [-0.4, -0.2) is 54.1 Å². The first-order valence-corrected chi connectivity index (χ1v) is 14.1. The van der Waals surface area contributed by atoms with Gasteiger partial charge in [0.2, 0.25) is 5.91 Å². The third kappa shape index (κ3) is 15.1. The second kappa shape index (κ2) is 21.4. The van der Waals surface area contributed by atoms with E-state index in [9.17, 15) is 9.59 Å². The minimum absolute atomic E-state index is 0.0311. The fourth-order valence-electron chi connectivity index (χ4n) is 4.38. The third-order valence-electron chi connectivity index (χ3n) is 6.17. The van der Waals surface area contributed by atoms with Crippen LogP contribution < -0.4 is 0 Å². The van der Waals surface area contributed by atoms with Gasteiger partial charge in [-0.3, -0.25) is 4.79 Å². The molecule has 0 bridgehead atoms. The summed E-state index contributed by atoms with van der Waals surface area (Å²) in [5.41, 5.74) is 0.265. The number of hydrogen-bond donors (Lipinski definition) is 0. The van der Waals surface area contributed by atoms with Gasteiger partial charge in [0.15, 0.2) is 0 Å². The number of carbonyl (C=O) groups is 2. The summed E-state index contributed by atoms with van der Waals surface area (Å²) >= 11 is 0. The molecule has 0 aliphatic carbocycles. The fraction of sp³-hybridized carbons (Fsp3) is 0.931. The molecular weight excluding hydrogens is 426 g/mol. The van der Waals surface area contributed by atoms with Gasteiger partial charge in [0, 0.05) is 20.1 Å².